The molecule has 1 aliphatic carbocycles. The van der Waals surface area contributed by atoms with Gasteiger partial charge in [-0.3, -0.25) is 0 Å². The Labute approximate surface area is 131 Å². The highest BCUT2D eigenvalue weighted by Crippen LogP contribution is 2.30. The van der Waals surface area contributed by atoms with Crippen molar-refractivity contribution in [3.63, 3.8) is 0 Å². The molecule has 0 fully saturated rings. The first kappa shape index (κ1) is 18.2. The van der Waals surface area contributed by atoms with Gasteiger partial charge in [-0.05, 0) is 36.3 Å². The maximum Gasteiger partial charge on any atom is 0.129 e. The van der Waals surface area contributed by atoms with E-state index in [1.165, 1.54) is 0 Å². The van der Waals surface area contributed by atoms with Crippen molar-refractivity contribution >= 4 is 8.07 Å². The van der Waals surface area contributed by atoms with Crippen molar-refractivity contribution in [2.75, 3.05) is 0 Å². The largest absolute Gasteiger partial charge is 0.389 e. The van der Waals surface area contributed by atoms with Gasteiger partial charge in [0.2, 0.25) is 0 Å². The molecule has 3 heteroatoms. The molecule has 0 saturated carbocycles. The summed E-state index contributed by atoms with van der Waals surface area (Å²) in [5.74, 6) is 4.03. The Bertz CT molecular complexity index is 472. The zero-order chi connectivity index (χ0) is 16.2. The molecule has 0 unspecified atom stereocenters. The van der Waals surface area contributed by atoms with Crippen molar-refractivity contribution < 1.29 is 10.2 Å². The van der Waals surface area contributed by atoms with E-state index in [9.17, 15) is 10.2 Å². The van der Waals surface area contributed by atoms with Crippen LogP contribution in [0.25, 0.3) is 0 Å². The van der Waals surface area contributed by atoms with Crippen LogP contribution in [-0.4, -0.2) is 30.5 Å². The van der Waals surface area contributed by atoms with Crippen molar-refractivity contribution in [2.45, 2.75) is 65.5 Å². The van der Waals surface area contributed by atoms with Gasteiger partial charge in [-0.25, -0.2) is 0 Å². The van der Waals surface area contributed by atoms with Crippen LogP contribution in [0.5, 0.6) is 0 Å². The fourth-order valence-electron chi connectivity index (χ4n) is 2.40. The fourth-order valence-corrected chi connectivity index (χ4v) is 3.03. The molecule has 0 spiro atoms. The SMILES string of the molecule is CC1=CC[C@H](C(C)C)C=C1[C@H](O)[C@H](O)CC#C[Si](C)(C)C. The number of aliphatic hydroxyl groups is 2. The number of hydrogen-bond acceptors (Lipinski definition) is 2. The van der Waals surface area contributed by atoms with Crippen molar-refractivity contribution in [1.29, 1.82) is 0 Å². The van der Waals surface area contributed by atoms with E-state index in [1.807, 2.05) is 6.92 Å². The summed E-state index contributed by atoms with van der Waals surface area (Å²) in [4.78, 5) is 0. The second-order valence-corrected chi connectivity index (χ2v) is 12.2. The Hall–Kier alpha value is -0.823. The first-order valence-electron chi connectivity index (χ1n) is 7.87. The predicted octanol–water partition coefficient (Wildman–Crippen LogP) is 3.53. The molecular formula is C18H30O2Si. The van der Waals surface area contributed by atoms with E-state index in [2.05, 4.69) is 57.1 Å². The molecule has 2 nitrogen and oxygen atoms in total. The Balaban J connectivity index is 2.78. The molecule has 1 aliphatic rings. The van der Waals surface area contributed by atoms with Crippen molar-refractivity contribution in [3.05, 3.63) is 23.3 Å². The zero-order valence-corrected chi connectivity index (χ0v) is 15.3. The lowest BCUT2D eigenvalue weighted by Crippen LogP contribution is -2.30. The van der Waals surface area contributed by atoms with Gasteiger partial charge < -0.3 is 10.2 Å². The fraction of sp³-hybridized carbons (Fsp3) is 0.667. The highest BCUT2D eigenvalue weighted by molar-refractivity contribution is 6.83. The lowest BCUT2D eigenvalue weighted by molar-refractivity contribution is 0.0460. The third kappa shape index (κ3) is 5.82. The average Bonchev–Trinajstić information content (AvgIpc) is 2.36. The standard InChI is InChI=1S/C18H30O2Si/c1-13(2)15-10-9-14(3)16(12-15)18(20)17(19)8-7-11-21(4,5)6/h9,12-13,15,17-20H,8,10H2,1-6H3/t15-,17+,18-/m0/s1. The van der Waals surface area contributed by atoms with Gasteiger partial charge in [-0.1, -0.05) is 45.6 Å². The predicted molar refractivity (Wildman–Crippen MR) is 92.5 cm³/mol. The third-order valence-electron chi connectivity index (χ3n) is 3.86. The molecule has 21 heavy (non-hydrogen) atoms. The lowest BCUT2D eigenvalue weighted by atomic mass is 9.81. The van der Waals surface area contributed by atoms with E-state index >= 15 is 0 Å². The van der Waals surface area contributed by atoms with Gasteiger partial charge >= 0.3 is 0 Å². The van der Waals surface area contributed by atoms with Gasteiger partial charge in [0.15, 0.2) is 0 Å². The number of allylic oxidation sites excluding steroid dienone is 2. The van der Waals surface area contributed by atoms with E-state index in [-0.39, 0.29) is 0 Å². The van der Waals surface area contributed by atoms with Crippen LogP contribution in [0.1, 0.15) is 33.6 Å². The second kappa shape index (κ2) is 7.44. The lowest BCUT2D eigenvalue weighted by Gasteiger charge is -2.27. The van der Waals surface area contributed by atoms with Crippen molar-refractivity contribution in [1.82, 2.24) is 0 Å². The van der Waals surface area contributed by atoms with E-state index in [0.29, 0.717) is 18.3 Å². The van der Waals surface area contributed by atoms with E-state index in [4.69, 9.17) is 0 Å². The smallest absolute Gasteiger partial charge is 0.129 e. The minimum atomic E-state index is -1.42. The summed E-state index contributed by atoms with van der Waals surface area (Å²) in [5.41, 5.74) is 5.19. The Morgan fingerprint density at radius 2 is 1.90 bits per heavy atom. The van der Waals surface area contributed by atoms with Crippen LogP contribution in [0, 0.1) is 23.3 Å². The summed E-state index contributed by atoms with van der Waals surface area (Å²) < 4.78 is 0. The average molecular weight is 307 g/mol. The van der Waals surface area contributed by atoms with Crippen LogP contribution in [-0.2, 0) is 0 Å². The van der Waals surface area contributed by atoms with Crippen LogP contribution >= 0.6 is 0 Å². The van der Waals surface area contributed by atoms with Crippen LogP contribution in [0.2, 0.25) is 19.6 Å². The summed E-state index contributed by atoms with van der Waals surface area (Å²) >= 11 is 0. The number of hydrogen-bond donors (Lipinski definition) is 2. The molecule has 2 N–H and O–H groups in total. The number of aliphatic hydroxyl groups excluding tert-OH is 2. The van der Waals surface area contributed by atoms with Crippen molar-refractivity contribution in [2.24, 2.45) is 11.8 Å². The molecule has 0 radical (unpaired) electrons. The van der Waals surface area contributed by atoms with Crippen LogP contribution in [0.3, 0.4) is 0 Å². The second-order valence-electron chi connectivity index (χ2n) is 7.42. The highest BCUT2D eigenvalue weighted by atomic mass is 28.3. The topological polar surface area (TPSA) is 40.5 Å². The molecule has 0 aliphatic heterocycles. The van der Waals surface area contributed by atoms with E-state index in [1.54, 1.807) is 0 Å². The summed E-state index contributed by atoms with van der Waals surface area (Å²) in [7, 11) is -1.42. The summed E-state index contributed by atoms with van der Waals surface area (Å²) in [6.07, 6.45) is 4.02. The quantitative estimate of drug-likeness (QED) is 0.616. The minimum Gasteiger partial charge on any atom is -0.389 e. The van der Waals surface area contributed by atoms with Gasteiger partial charge in [0.05, 0.1) is 6.10 Å². The van der Waals surface area contributed by atoms with Crippen LogP contribution in [0.4, 0.5) is 0 Å². The molecule has 1 rings (SSSR count). The highest BCUT2D eigenvalue weighted by Gasteiger charge is 2.25. The molecular weight excluding hydrogens is 276 g/mol. The summed E-state index contributed by atoms with van der Waals surface area (Å²) in [6, 6.07) is 0. The zero-order valence-electron chi connectivity index (χ0n) is 14.3. The van der Waals surface area contributed by atoms with Gasteiger partial charge in [-0.15, -0.1) is 11.5 Å². The molecule has 0 saturated heterocycles. The molecule has 0 heterocycles. The van der Waals surface area contributed by atoms with Crippen molar-refractivity contribution in [3.8, 4) is 11.5 Å². The third-order valence-corrected chi connectivity index (χ3v) is 4.79. The summed E-state index contributed by atoms with van der Waals surface area (Å²) in [5, 5.41) is 20.6. The summed E-state index contributed by atoms with van der Waals surface area (Å²) in [6.45, 7) is 12.9. The van der Waals surface area contributed by atoms with Gasteiger partial charge in [-0.2, -0.15) is 0 Å². The molecule has 0 amide bonds. The Kier molecular flexibility index (Phi) is 6.46. The van der Waals surface area contributed by atoms with Gasteiger partial charge in [0.25, 0.3) is 0 Å². The van der Waals surface area contributed by atoms with Gasteiger partial charge in [0, 0.05) is 6.42 Å². The van der Waals surface area contributed by atoms with E-state index < -0.39 is 20.3 Å². The molecule has 118 valence electrons. The monoisotopic (exact) mass is 306 g/mol. The molecule has 0 bridgehead atoms. The Morgan fingerprint density at radius 3 is 2.43 bits per heavy atom. The first-order valence-corrected chi connectivity index (χ1v) is 11.4. The maximum absolute atomic E-state index is 10.4. The Morgan fingerprint density at radius 1 is 1.29 bits per heavy atom. The minimum absolute atomic E-state index is 0.336. The van der Waals surface area contributed by atoms with Crippen LogP contribution < -0.4 is 0 Å². The molecule has 3 atom stereocenters. The van der Waals surface area contributed by atoms with E-state index in [0.717, 1.165) is 17.6 Å². The molecule has 0 aromatic heterocycles. The number of rotatable bonds is 4. The van der Waals surface area contributed by atoms with Gasteiger partial charge in [0.1, 0.15) is 14.2 Å². The first-order chi connectivity index (χ1) is 9.61. The maximum atomic E-state index is 10.4. The normalized spacial score (nSPS) is 22.0. The van der Waals surface area contributed by atoms with Crippen LogP contribution in [0.15, 0.2) is 23.3 Å². The molecule has 0 aromatic carbocycles. The molecule has 0 aromatic rings.